The smallest absolute Gasteiger partial charge is 0.337 e. The maximum absolute atomic E-state index is 12.7. The molecule has 0 amide bonds. The Morgan fingerprint density at radius 1 is 0.926 bits per heavy atom. The zero-order valence-corrected chi connectivity index (χ0v) is 16.2. The summed E-state index contributed by atoms with van der Waals surface area (Å²) in [7, 11) is 1.16. The lowest BCUT2D eigenvalue weighted by Crippen LogP contribution is -2.38. The normalized spacial score (nSPS) is 16.4. The van der Waals surface area contributed by atoms with Gasteiger partial charge >= 0.3 is 23.9 Å². The number of hydrogen-bond donors (Lipinski definition) is 1. The molecule has 0 saturated heterocycles. The van der Waals surface area contributed by atoms with Crippen molar-refractivity contribution in [3.8, 4) is 0 Å². The second-order valence-electron chi connectivity index (χ2n) is 5.71. The van der Waals surface area contributed by atoms with E-state index in [-0.39, 0.29) is 24.2 Å². The van der Waals surface area contributed by atoms with E-state index in [1.54, 1.807) is 20.8 Å². The number of esters is 4. The Balaban J connectivity index is 3.20. The number of allylic oxidation sites excluding steroid dienone is 2. The van der Waals surface area contributed by atoms with Gasteiger partial charge in [0.1, 0.15) is 5.92 Å². The average Bonchev–Trinajstić information content (AvgIpc) is 2.64. The molecule has 9 nitrogen and oxygen atoms in total. The summed E-state index contributed by atoms with van der Waals surface area (Å²) in [5.74, 6) is -4.38. The Kier molecular flexibility index (Phi) is 8.50. The van der Waals surface area contributed by atoms with Gasteiger partial charge in [-0.25, -0.2) is 9.59 Å². The summed E-state index contributed by atoms with van der Waals surface area (Å²) in [6, 6.07) is 0. The van der Waals surface area contributed by atoms with Crippen LogP contribution in [0.2, 0.25) is 0 Å². The second kappa shape index (κ2) is 10.3. The summed E-state index contributed by atoms with van der Waals surface area (Å²) in [5, 5.41) is 2.88. The van der Waals surface area contributed by atoms with Crippen LogP contribution in [0.3, 0.4) is 0 Å². The number of methoxy groups -OCH3 is 1. The molecule has 0 saturated carbocycles. The molecule has 0 bridgehead atoms. The predicted molar refractivity (Wildman–Crippen MR) is 92.6 cm³/mol. The van der Waals surface area contributed by atoms with Crippen molar-refractivity contribution in [2.24, 2.45) is 5.92 Å². The first-order chi connectivity index (χ1) is 12.8. The first-order valence-electron chi connectivity index (χ1n) is 8.54. The lowest BCUT2D eigenvalue weighted by molar-refractivity contribution is -0.170. The van der Waals surface area contributed by atoms with Crippen molar-refractivity contribution in [3.63, 3.8) is 0 Å². The highest BCUT2D eigenvalue weighted by Crippen LogP contribution is 2.32. The summed E-state index contributed by atoms with van der Waals surface area (Å²) >= 11 is 0. The highest BCUT2D eigenvalue weighted by Gasteiger charge is 2.42. The Labute approximate surface area is 157 Å². The molecular formula is C18H25NO8. The van der Waals surface area contributed by atoms with Crippen molar-refractivity contribution in [3.05, 3.63) is 22.5 Å². The molecule has 1 rings (SSSR count). The van der Waals surface area contributed by atoms with Gasteiger partial charge in [0.05, 0.1) is 24.9 Å². The first kappa shape index (κ1) is 22.2. The summed E-state index contributed by atoms with van der Waals surface area (Å²) < 4.78 is 19.6. The highest BCUT2D eigenvalue weighted by atomic mass is 16.7. The fraction of sp³-hybridized carbons (Fsp3) is 0.556. The largest absolute Gasteiger partial charge is 0.466 e. The monoisotopic (exact) mass is 383 g/mol. The van der Waals surface area contributed by atoms with Crippen LogP contribution in [0.25, 0.3) is 0 Å². The molecule has 1 N–H and O–H groups in total. The van der Waals surface area contributed by atoms with Crippen LogP contribution in [0.1, 0.15) is 40.5 Å². The van der Waals surface area contributed by atoms with Gasteiger partial charge < -0.3 is 24.3 Å². The highest BCUT2D eigenvalue weighted by molar-refractivity contribution is 6.05. The maximum Gasteiger partial charge on any atom is 0.337 e. The van der Waals surface area contributed by atoms with E-state index in [4.69, 9.17) is 18.9 Å². The van der Waals surface area contributed by atoms with Gasteiger partial charge in [0.25, 0.3) is 0 Å². The summed E-state index contributed by atoms with van der Waals surface area (Å²) in [6.45, 7) is 6.09. The molecule has 1 heterocycles. The van der Waals surface area contributed by atoms with Crippen LogP contribution in [0.5, 0.6) is 0 Å². The fourth-order valence-electron chi connectivity index (χ4n) is 2.49. The number of nitrogens with one attached hydrogen (secondary N) is 1. The third kappa shape index (κ3) is 5.57. The minimum atomic E-state index is -1.36. The van der Waals surface area contributed by atoms with Gasteiger partial charge in [0.15, 0.2) is 0 Å². The molecule has 1 aliphatic heterocycles. The summed E-state index contributed by atoms with van der Waals surface area (Å²) in [5.41, 5.74) is 0.576. The third-order valence-electron chi connectivity index (χ3n) is 3.77. The van der Waals surface area contributed by atoms with Crippen LogP contribution < -0.4 is 5.32 Å². The van der Waals surface area contributed by atoms with Gasteiger partial charge in [-0.1, -0.05) is 13.8 Å². The molecule has 0 aliphatic carbocycles. The Morgan fingerprint density at radius 2 is 1.52 bits per heavy atom. The van der Waals surface area contributed by atoms with E-state index < -0.39 is 36.6 Å². The van der Waals surface area contributed by atoms with E-state index in [0.29, 0.717) is 17.8 Å². The number of hydrogen-bond acceptors (Lipinski definition) is 9. The Bertz CT molecular complexity index is 677. The quantitative estimate of drug-likeness (QED) is 0.376. The summed E-state index contributed by atoms with van der Waals surface area (Å²) in [6.07, 6.45) is 0.706. The van der Waals surface area contributed by atoms with Gasteiger partial charge in [0, 0.05) is 17.8 Å². The molecule has 1 aliphatic rings. The van der Waals surface area contributed by atoms with Crippen LogP contribution in [-0.2, 0) is 38.1 Å². The van der Waals surface area contributed by atoms with E-state index in [0.717, 1.165) is 7.11 Å². The molecule has 27 heavy (non-hydrogen) atoms. The number of rotatable bonds is 8. The molecule has 150 valence electrons. The molecule has 0 fully saturated rings. The standard InChI is InChI=1S/C18H25NO8/c1-6-8-25-17(22)14-11(4)19-10(3)13(16(21)24-5)15(14)18(23)27-9-26-12(20)7-2/h15,19H,6-9H2,1-5H3. The minimum absolute atomic E-state index is 0.0544. The van der Waals surface area contributed by atoms with E-state index in [9.17, 15) is 19.2 Å². The van der Waals surface area contributed by atoms with Gasteiger partial charge in [-0.05, 0) is 20.3 Å². The van der Waals surface area contributed by atoms with Gasteiger partial charge in [-0.15, -0.1) is 0 Å². The number of carbonyl (C=O) groups excluding carboxylic acids is 4. The zero-order valence-electron chi connectivity index (χ0n) is 16.2. The van der Waals surface area contributed by atoms with Crippen molar-refractivity contribution in [1.82, 2.24) is 5.32 Å². The SMILES string of the molecule is CCCOC(=O)C1=C(C)NC(C)=C(C(=O)OC)C1C(=O)OCOC(=O)CC. The van der Waals surface area contributed by atoms with Crippen LogP contribution in [-0.4, -0.2) is 44.4 Å². The van der Waals surface area contributed by atoms with Crippen molar-refractivity contribution in [2.45, 2.75) is 40.5 Å². The van der Waals surface area contributed by atoms with Crippen LogP contribution in [0, 0.1) is 5.92 Å². The Morgan fingerprint density at radius 3 is 2.04 bits per heavy atom. The van der Waals surface area contributed by atoms with Crippen molar-refractivity contribution in [1.29, 1.82) is 0 Å². The minimum Gasteiger partial charge on any atom is -0.466 e. The van der Waals surface area contributed by atoms with E-state index in [1.807, 2.05) is 6.92 Å². The van der Waals surface area contributed by atoms with Crippen LogP contribution in [0.15, 0.2) is 22.5 Å². The molecule has 9 heteroatoms. The Hall–Kier alpha value is -2.84. The number of dihydropyridines is 1. The van der Waals surface area contributed by atoms with Gasteiger partial charge in [-0.2, -0.15) is 0 Å². The van der Waals surface area contributed by atoms with E-state index in [1.165, 1.54) is 0 Å². The maximum atomic E-state index is 12.7. The topological polar surface area (TPSA) is 117 Å². The lowest BCUT2D eigenvalue weighted by atomic mass is 9.85. The van der Waals surface area contributed by atoms with Gasteiger partial charge in [-0.3, -0.25) is 9.59 Å². The molecule has 1 atom stereocenters. The van der Waals surface area contributed by atoms with E-state index in [2.05, 4.69) is 5.32 Å². The van der Waals surface area contributed by atoms with Crippen molar-refractivity contribution >= 4 is 23.9 Å². The molecule has 0 aromatic carbocycles. The van der Waals surface area contributed by atoms with E-state index >= 15 is 0 Å². The molecule has 0 aromatic heterocycles. The number of carbonyl (C=O) groups is 4. The van der Waals surface area contributed by atoms with Crippen molar-refractivity contribution < 1.29 is 38.1 Å². The summed E-state index contributed by atoms with van der Waals surface area (Å²) in [4.78, 5) is 48.6. The fourth-order valence-corrected chi connectivity index (χ4v) is 2.49. The first-order valence-corrected chi connectivity index (χ1v) is 8.54. The molecule has 0 spiro atoms. The van der Waals surface area contributed by atoms with Crippen LogP contribution in [0.4, 0.5) is 0 Å². The second-order valence-corrected chi connectivity index (χ2v) is 5.71. The van der Waals surface area contributed by atoms with Crippen LogP contribution >= 0.6 is 0 Å². The molecule has 0 radical (unpaired) electrons. The zero-order chi connectivity index (χ0) is 20.6. The average molecular weight is 383 g/mol. The van der Waals surface area contributed by atoms with Gasteiger partial charge in [0.2, 0.25) is 6.79 Å². The molecule has 1 unspecified atom stereocenters. The lowest BCUT2D eigenvalue weighted by Gasteiger charge is -2.28. The van der Waals surface area contributed by atoms with Crippen molar-refractivity contribution in [2.75, 3.05) is 20.5 Å². The molecule has 0 aromatic rings. The predicted octanol–water partition coefficient (Wildman–Crippen LogP) is 1.33. The number of ether oxygens (including phenoxy) is 4. The third-order valence-corrected chi connectivity index (χ3v) is 3.77. The molecular weight excluding hydrogens is 358 g/mol.